The first-order valence-electron chi connectivity index (χ1n) is 17.5. The van der Waals surface area contributed by atoms with E-state index in [4.69, 9.17) is 9.15 Å². The first kappa shape index (κ1) is 28.2. The number of furan rings is 1. The van der Waals surface area contributed by atoms with E-state index in [1.165, 1.54) is 55.6 Å². The Morgan fingerprint density at radius 2 is 0.843 bits per heavy atom. The molecule has 2 heteroatoms. The van der Waals surface area contributed by atoms with E-state index in [0.717, 1.165) is 44.6 Å². The zero-order chi connectivity index (χ0) is 33.5. The standard InChI is InChI=1S/C49H30O2/c1-4-15-41-37(12-1)38-13-2-5-16-42(38)49(41)43-17-6-8-19-47(43)51-48-30-36(24-26-44(48)49)34-11-9-10-33(28-34)31-20-22-32(23-21-31)35-25-27-46-40(29-35)39-14-3-7-18-45(39)50-46/h1-30H. The molecule has 0 unspecified atom stereocenters. The van der Waals surface area contributed by atoms with Crippen molar-refractivity contribution in [3.05, 3.63) is 204 Å². The van der Waals surface area contributed by atoms with Gasteiger partial charge in [-0.25, -0.2) is 0 Å². The highest BCUT2D eigenvalue weighted by Gasteiger charge is 2.50. The van der Waals surface area contributed by atoms with Gasteiger partial charge in [0.15, 0.2) is 0 Å². The maximum absolute atomic E-state index is 6.77. The van der Waals surface area contributed by atoms with E-state index in [9.17, 15) is 0 Å². The van der Waals surface area contributed by atoms with E-state index >= 15 is 0 Å². The van der Waals surface area contributed by atoms with Crippen LogP contribution in [0.4, 0.5) is 0 Å². The molecule has 1 aliphatic carbocycles. The first-order valence-corrected chi connectivity index (χ1v) is 17.5. The molecule has 9 aromatic rings. The van der Waals surface area contributed by atoms with Gasteiger partial charge in [0.1, 0.15) is 22.7 Å². The van der Waals surface area contributed by atoms with Crippen molar-refractivity contribution in [1.82, 2.24) is 0 Å². The molecule has 2 aliphatic rings. The lowest BCUT2D eigenvalue weighted by atomic mass is 9.66. The highest BCUT2D eigenvalue weighted by Crippen LogP contribution is 2.62. The van der Waals surface area contributed by atoms with E-state index in [-0.39, 0.29) is 0 Å². The zero-order valence-corrected chi connectivity index (χ0v) is 27.6. The number of rotatable bonds is 3. The van der Waals surface area contributed by atoms with Gasteiger partial charge in [0, 0.05) is 21.9 Å². The minimum Gasteiger partial charge on any atom is -0.457 e. The summed E-state index contributed by atoms with van der Waals surface area (Å²) in [5.41, 5.74) is 15.9. The molecule has 0 atom stereocenters. The van der Waals surface area contributed by atoms with Gasteiger partial charge >= 0.3 is 0 Å². The Balaban J connectivity index is 0.980. The van der Waals surface area contributed by atoms with Crippen molar-refractivity contribution in [3.63, 3.8) is 0 Å². The summed E-state index contributed by atoms with van der Waals surface area (Å²) in [5, 5.41) is 2.29. The van der Waals surface area contributed by atoms with Crippen LogP contribution in [0, 0.1) is 0 Å². The molecule has 8 aromatic carbocycles. The van der Waals surface area contributed by atoms with Gasteiger partial charge < -0.3 is 9.15 Å². The minimum atomic E-state index is -0.450. The van der Waals surface area contributed by atoms with E-state index in [1.807, 2.05) is 12.1 Å². The summed E-state index contributed by atoms with van der Waals surface area (Å²) in [7, 11) is 0. The second kappa shape index (κ2) is 10.7. The van der Waals surface area contributed by atoms with Crippen molar-refractivity contribution in [2.45, 2.75) is 5.41 Å². The molecular formula is C49H30O2. The summed E-state index contributed by atoms with van der Waals surface area (Å²) >= 11 is 0. The molecule has 51 heavy (non-hydrogen) atoms. The van der Waals surface area contributed by atoms with Gasteiger partial charge in [-0.2, -0.15) is 0 Å². The zero-order valence-electron chi connectivity index (χ0n) is 27.6. The van der Waals surface area contributed by atoms with Crippen LogP contribution in [0.3, 0.4) is 0 Å². The van der Waals surface area contributed by atoms with Crippen LogP contribution < -0.4 is 4.74 Å². The molecule has 0 bridgehead atoms. The summed E-state index contributed by atoms with van der Waals surface area (Å²) in [6, 6.07) is 65.4. The molecule has 0 amide bonds. The third kappa shape index (κ3) is 4.05. The van der Waals surface area contributed by atoms with Crippen LogP contribution >= 0.6 is 0 Å². The van der Waals surface area contributed by atoms with E-state index in [1.54, 1.807) is 0 Å². The third-order valence-electron chi connectivity index (χ3n) is 11.0. The van der Waals surface area contributed by atoms with Crippen molar-refractivity contribution >= 4 is 21.9 Å². The lowest BCUT2D eigenvalue weighted by Crippen LogP contribution is -2.32. The fourth-order valence-electron chi connectivity index (χ4n) is 8.68. The molecule has 11 rings (SSSR count). The summed E-state index contributed by atoms with van der Waals surface area (Å²) in [5.74, 6) is 1.80. The van der Waals surface area contributed by atoms with E-state index in [0.29, 0.717) is 0 Å². The maximum Gasteiger partial charge on any atom is 0.135 e. The molecule has 1 spiro atoms. The van der Waals surface area contributed by atoms with Crippen LogP contribution in [0.2, 0.25) is 0 Å². The van der Waals surface area contributed by atoms with Gasteiger partial charge in [-0.15, -0.1) is 0 Å². The Bertz CT molecular complexity index is 2790. The summed E-state index contributed by atoms with van der Waals surface area (Å²) in [6.45, 7) is 0. The van der Waals surface area contributed by atoms with Crippen molar-refractivity contribution < 1.29 is 9.15 Å². The smallest absolute Gasteiger partial charge is 0.135 e. The molecule has 1 aromatic heterocycles. The summed E-state index contributed by atoms with van der Waals surface area (Å²) in [6.07, 6.45) is 0. The van der Waals surface area contributed by atoms with Crippen LogP contribution in [0.5, 0.6) is 11.5 Å². The molecule has 238 valence electrons. The Kier molecular flexibility index (Phi) is 5.91. The minimum absolute atomic E-state index is 0.450. The fourth-order valence-corrected chi connectivity index (χ4v) is 8.68. The van der Waals surface area contributed by atoms with Crippen molar-refractivity contribution in [1.29, 1.82) is 0 Å². The topological polar surface area (TPSA) is 22.4 Å². The van der Waals surface area contributed by atoms with Crippen molar-refractivity contribution in [3.8, 4) is 56.0 Å². The molecule has 0 N–H and O–H groups in total. The predicted molar refractivity (Wildman–Crippen MR) is 207 cm³/mol. The molecule has 1 aliphatic heterocycles. The molecular weight excluding hydrogens is 621 g/mol. The lowest BCUT2D eigenvalue weighted by molar-refractivity contribution is 0.436. The molecule has 0 saturated heterocycles. The Morgan fingerprint density at radius 3 is 1.61 bits per heavy atom. The van der Waals surface area contributed by atoms with Gasteiger partial charge in [-0.1, -0.05) is 146 Å². The molecule has 0 radical (unpaired) electrons. The summed E-state index contributed by atoms with van der Waals surface area (Å²) in [4.78, 5) is 0. The Labute approximate surface area is 295 Å². The van der Waals surface area contributed by atoms with Crippen LogP contribution in [-0.4, -0.2) is 0 Å². The molecule has 2 heterocycles. The SMILES string of the molecule is c1cc(-c2ccc(-c3ccc4oc5ccccc5c4c3)cc2)cc(-c2ccc3c(c2)Oc2ccccc2C32c3ccccc3-c3ccccc32)c1. The summed E-state index contributed by atoms with van der Waals surface area (Å²) < 4.78 is 12.8. The predicted octanol–water partition coefficient (Wildman–Crippen LogP) is 13.1. The number of fused-ring (bicyclic) bond motifs is 12. The van der Waals surface area contributed by atoms with Crippen molar-refractivity contribution in [2.75, 3.05) is 0 Å². The Hall–Kier alpha value is -6.64. The van der Waals surface area contributed by atoms with Crippen LogP contribution in [0.25, 0.3) is 66.4 Å². The largest absolute Gasteiger partial charge is 0.457 e. The fraction of sp³-hybridized carbons (Fsp3) is 0.0204. The third-order valence-corrected chi connectivity index (χ3v) is 11.0. The van der Waals surface area contributed by atoms with Gasteiger partial charge in [-0.3, -0.25) is 0 Å². The number of hydrogen-bond acceptors (Lipinski definition) is 2. The quantitative estimate of drug-likeness (QED) is 0.190. The van der Waals surface area contributed by atoms with Gasteiger partial charge in [0.2, 0.25) is 0 Å². The van der Waals surface area contributed by atoms with Crippen LogP contribution in [-0.2, 0) is 5.41 Å². The van der Waals surface area contributed by atoms with Crippen molar-refractivity contribution in [2.24, 2.45) is 0 Å². The number of ether oxygens (including phenoxy) is 1. The van der Waals surface area contributed by atoms with E-state index < -0.39 is 5.41 Å². The molecule has 0 saturated carbocycles. The second-order valence-electron chi connectivity index (χ2n) is 13.6. The lowest BCUT2D eigenvalue weighted by Gasteiger charge is -2.39. The van der Waals surface area contributed by atoms with Gasteiger partial charge in [0.05, 0.1) is 5.41 Å². The number of para-hydroxylation sites is 2. The number of hydrogen-bond donors (Lipinski definition) is 0. The van der Waals surface area contributed by atoms with E-state index in [2.05, 4.69) is 170 Å². The monoisotopic (exact) mass is 650 g/mol. The average Bonchev–Trinajstić information content (AvgIpc) is 3.72. The first-order chi connectivity index (χ1) is 25.3. The Morgan fingerprint density at radius 1 is 0.314 bits per heavy atom. The average molecular weight is 651 g/mol. The molecule has 2 nitrogen and oxygen atoms in total. The van der Waals surface area contributed by atoms with Crippen LogP contribution in [0.1, 0.15) is 22.3 Å². The number of benzene rings is 8. The maximum atomic E-state index is 6.77. The normalized spacial score (nSPS) is 13.4. The highest BCUT2D eigenvalue weighted by atomic mass is 16.5. The van der Waals surface area contributed by atoms with Gasteiger partial charge in [-0.05, 0) is 92.0 Å². The van der Waals surface area contributed by atoms with Crippen LogP contribution in [0.15, 0.2) is 186 Å². The second-order valence-corrected chi connectivity index (χ2v) is 13.6. The molecule has 0 fully saturated rings. The van der Waals surface area contributed by atoms with Gasteiger partial charge in [0.25, 0.3) is 0 Å². The highest BCUT2D eigenvalue weighted by molar-refractivity contribution is 6.06.